The summed E-state index contributed by atoms with van der Waals surface area (Å²) >= 11 is 0. The second-order valence-corrected chi connectivity index (χ2v) is 7.48. The number of piperazine rings is 1. The standard InChI is InChI=1S/C20H28FN3O6/c1-29-12-17(25)22-11-16-20(28)19(27)15(30-16)10-18(26)24-8-6-23(7-9-24)14-4-2-13(21)3-5-14/h2-5,15-16,19-20,27-28H,6-12H2,1H3,(H,22,25)/t15-,16-,19-,20+/m0/s1. The van der Waals surface area contributed by atoms with Gasteiger partial charge in [-0.15, -0.1) is 0 Å². The molecule has 0 radical (unpaired) electrons. The predicted molar refractivity (Wildman–Crippen MR) is 105 cm³/mol. The van der Waals surface area contributed by atoms with E-state index in [9.17, 15) is 24.2 Å². The molecule has 0 unspecified atom stereocenters. The van der Waals surface area contributed by atoms with Crippen molar-refractivity contribution in [2.24, 2.45) is 0 Å². The molecule has 30 heavy (non-hydrogen) atoms. The summed E-state index contributed by atoms with van der Waals surface area (Å²) in [4.78, 5) is 27.9. The molecule has 2 amide bonds. The van der Waals surface area contributed by atoms with Crippen LogP contribution in [0.15, 0.2) is 24.3 Å². The minimum Gasteiger partial charge on any atom is -0.388 e. The van der Waals surface area contributed by atoms with Crippen LogP contribution in [0.5, 0.6) is 0 Å². The summed E-state index contributed by atoms with van der Waals surface area (Å²) in [7, 11) is 1.39. The molecule has 0 bridgehead atoms. The molecule has 0 aromatic heterocycles. The Labute approximate surface area is 174 Å². The number of amides is 2. The molecule has 0 aliphatic carbocycles. The molecule has 2 aliphatic rings. The SMILES string of the molecule is COCC(=O)NC[C@@H]1O[C@@H](CC(=O)N2CCN(c3ccc(F)cc3)CC2)[C@H](O)[C@@H]1O. The minimum atomic E-state index is -1.21. The summed E-state index contributed by atoms with van der Waals surface area (Å²) in [6, 6.07) is 6.24. The van der Waals surface area contributed by atoms with Crippen molar-refractivity contribution >= 4 is 17.5 Å². The molecule has 10 heteroatoms. The van der Waals surface area contributed by atoms with Gasteiger partial charge < -0.3 is 34.8 Å². The second-order valence-electron chi connectivity index (χ2n) is 7.48. The summed E-state index contributed by atoms with van der Waals surface area (Å²) in [5, 5.41) is 22.9. The lowest BCUT2D eigenvalue weighted by Gasteiger charge is -2.36. The van der Waals surface area contributed by atoms with E-state index < -0.39 is 24.4 Å². The summed E-state index contributed by atoms with van der Waals surface area (Å²) in [5.41, 5.74) is 0.902. The average molecular weight is 425 g/mol. The number of aliphatic hydroxyl groups excluding tert-OH is 2. The van der Waals surface area contributed by atoms with Crippen LogP contribution in [-0.2, 0) is 19.1 Å². The highest BCUT2D eigenvalue weighted by atomic mass is 19.1. The zero-order valence-corrected chi connectivity index (χ0v) is 16.9. The zero-order chi connectivity index (χ0) is 21.7. The van der Waals surface area contributed by atoms with Gasteiger partial charge in [0.25, 0.3) is 0 Å². The number of halogens is 1. The molecule has 2 fully saturated rings. The molecule has 2 saturated heterocycles. The Morgan fingerprint density at radius 3 is 2.40 bits per heavy atom. The van der Waals surface area contributed by atoms with Crippen molar-refractivity contribution in [1.29, 1.82) is 0 Å². The van der Waals surface area contributed by atoms with E-state index in [2.05, 4.69) is 10.2 Å². The lowest BCUT2D eigenvalue weighted by molar-refractivity contribution is -0.136. The molecule has 0 spiro atoms. The number of benzene rings is 1. The number of nitrogens with zero attached hydrogens (tertiary/aromatic N) is 2. The molecule has 1 aromatic carbocycles. The van der Waals surface area contributed by atoms with E-state index in [-0.39, 0.29) is 37.2 Å². The van der Waals surface area contributed by atoms with E-state index in [1.807, 2.05) is 0 Å². The van der Waals surface area contributed by atoms with E-state index in [4.69, 9.17) is 9.47 Å². The van der Waals surface area contributed by atoms with E-state index in [0.29, 0.717) is 26.2 Å². The first kappa shape index (κ1) is 22.4. The van der Waals surface area contributed by atoms with Crippen molar-refractivity contribution in [3.8, 4) is 0 Å². The lowest BCUT2D eigenvalue weighted by atomic mass is 10.0. The van der Waals surface area contributed by atoms with Gasteiger partial charge in [-0.1, -0.05) is 0 Å². The van der Waals surface area contributed by atoms with E-state index in [0.717, 1.165) is 5.69 Å². The number of rotatable bonds is 7. The van der Waals surface area contributed by atoms with Crippen LogP contribution < -0.4 is 10.2 Å². The number of ether oxygens (including phenoxy) is 2. The molecular weight excluding hydrogens is 397 g/mol. The van der Waals surface area contributed by atoms with Gasteiger partial charge in [0.05, 0.1) is 12.5 Å². The number of carbonyl (C=O) groups excluding carboxylic acids is 2. The first-order valence-electron chi connectivity index (χ1n) is 9.94. The maximum absolute atomic E-state index is 13.1. The van der Waals surface area contributed by atoms with Gasteiger partial charge >= 0.3 is 0 Å². The van der Waals surface area contributed by atoms with Gasteiger partial charge in [0.1, 0.15) is 30.7 Å². The van der Waals surface area contributed by atoms with E-state index >= 15 is 0 Å². The van der Waals surface area contributed by atoms with Crippen molar-refractivity contribution in [1.82, 2.24) is 10.2 Å². The molecular formula is C20H28FN3O6. The maximum atomic E-state index is 13.1. The van der Waals surface area contributed by atoms with Crippen LogP contribution in [-0.4, -0.2) is 97.8 Å². The third-order valence-corrected chi connectivity index (χ3v) is 5.44. The number of hydrogen-bond donors (Lipinski definition) is 3. The van der Waals surface area contributed by atoms with Crippen LogP contribution in [0, 0.1) is 5.82 Å². The topological polar surface area (TPSA) is 112 Å². The normalized spacial score (nSPS) is 26.7. The van der Waals surface area contributed by atoms with Crippen molar-refractivity contribution in [3.63, 3.8) is 0 Å². The molecule has 3 rings (SSSR count). The smallest absolute Gasteiger partial charge is 0.246 e. The fourth-order valence-electron chi connectivity index (χ4n) is 3.73. The maximum Gasteiger partial charge on any atom is 0.246 e. The number of carbonyl (C=O) groups is 2. The van der Waals surface area contributed by atoms with E-state index in [1.165, 1.54) is 19.2 Å². The summed E-state index contributed by atoms with van der Waals surface area (Å²) in [5.74, 6) is -0.822. The van der Waals surface area contributed by atoms with Crippen molar-refractivity contribution in [2.75, 3.05) is 51.3 Å². The van der Waals surface area contributed by atoms with Crippen LogP contribution >= 0.6 is 0 Å². The fourth-order valence-corrected chi connectivity index (χ4v) is 3.73. The molecule has 3 N–H and O–H groups in total. The molecule has 1 aromatic rings. The quantitative estimate of drug-likeness (QED) is 0.520. The van der Waals surface area contributed by atoms with Gasteiger partial charge in [-0.2, -0.15) is 0 Å². The average Bonchev–Trinajstić information content (AvgIpc) is 3.01. The zero-order valence-electron chi connectivity index (χ0n) is 16.9. The third kappa shape index (κ3) is 5.45. The van der Waals surface area contributed by atoms with Gasteiger partial charge in [0.2, 0.25) is 11.8 Å². The highest BCUT2D eigenvalue weighted by Crippen LogP contribution is 2.25. The molecule has 166 valence electrons. The Hall–Kier alpha value is -2.27. The number of hydrogen-bond acceptors (Lipinski definition) is 7. The monoisotopic (exact) mass is 425 g/mol. The highest BCUT2D eigenvalue weighted by molar-refractivity contribution is 5.77. The van der Waals surface area contributed by atoms with Crippen LogP contribution in [0.4, 0.5) is 10.1 Å². The molecule has 4 atom stereocenters. The third-order valence-electron chi connectivity index (χ3n) is 5.44. The fraction of sp³-hybridized carbons (Fsp3) is 0.600. The summed E-state index contributed by atoms with van der Waals surface area (Å²) < 4.78 is 23.4. The Balaban J connectivity index is 1.46. The summed E-state index contributed by atoms with van der Waals surface area (Å²) in [6.07, 6.45) is -4.10. The molecule has 2 heterocycles. The number of methoxy groups -OCH3 is 1. The molecule has 9 nitrogen and oxygen atoms in total. The van der Waals surface area contributed by atoms with Gasteiger partial charge in [0.15, 0.2) is 0 Å². The highest BCUT2D eigenvalue weighted by Gasteiger charge is 2.44. The second kappa shape index (κ2) is 10.2. The lowest BCUT2D eigenvalue weighted by Crippen LogP contribution is -2.49. The van der Waals surface area contributed by atoms with Gasteiger partial charge in [-0.25, -0.2) is 4.39 Å². The molecule has 2 aliphatic heterocycles. The predicted octanol–water partition coefficient (Wildman–Crippen LogP) is -0.884. The van der Waals surface area contributed by atoms with Crippen molar-refractivity contribution in [3.05, 3.63) is 30.1 Å². The van der Waals surface area contributed by atoms with Crippen molar-refractivity contribution in [2.45, 2.75) is 30.8 Å². The summed E-state index contributed by atoms with van der Waals surface area (Å²) in [6.45, 7) is 2.12. The van der Waals surface area contributed by atoms with Crippen LogP contribution in [0.3, 0.4) is 0 Å². The van der Waals surface area contributed by atoms with Gasteiger partial charge in [-0.3, -0.25) is 9.59 Å². The minimum absolute atomic E-state index is 0.0153. The molecule has 0 saturated carbocycles. The Morgan fingerprint density at radius 2 is 1.77 bits per heavy atom. The number of aliphatic hydroxyl groups is 2. The largest absolute Gasteiger partial charge is 0.388 e. The van der Waals surface area contributed by atoms with E-state index in [1.54, 1.807) is 17.0 Å². The first-order chi connectivity index (χ1) is 14.4. The Bertz CT molecular complexity index is 726. The van der Waals surface area contributed by atoms with Crippen molar-refractivity contribution < 1.29 is 33.7 Å². The number of anilines is 1. The van der Waals surface area contributed by atoms with Crippen LogP contribution in [0.25, 0.3) is 0 Å². The first-order valence-corrected chi connectivity index (χ1v) is 9.94. The van der Waals surface area contributed by atoms with Gasteiger partial charge in [-0.05, 0) is 24.3 Å². The Morgan fingerprint density at radius 1 is 1.13 bits per heavy atom. The number of nitrogens with one attached hydrogen (secondary N) is 1. The van der Waals surface area contributed by atoms with Crippen LogP contribution in [0.2, 0.25) is 0 Å². The van der Waals surface area contributed by atoms with Crippen LogP contribution in [0.1, 0.15) is 6.42 Å². The van der Waals surface area contributed by atoms with Gasteiger partial charge in [0, 0.05) is 45.5 Å². The Kier molecular flexibility index (Phi) is 7.59.